The Morgan fingerprint density at radius 2 is 1.69 bits per heavy atom. The number of amides is 2. The van der Waals surface area contributed by atoms with Gasteiger partial charge in [-0.15, -0.1) is 11.3 Å². The number of thiophene rings is 1. The van der Waals surface area contributed by atoms with Crippen molar-refractivity contribution in [1.82, 2.24) is 14.8 Å². The van der Waals surface area contributed by atoms with E-state index in [9.17, 15) is 9.59 Å². The number of carbonyl (C=O) groups is 2. The van der Waals surface area contributed by atoms with E-state index in [0.29, 0.717) is 18.8 Å². The Kier molecular flexibility index (Phi) is 7.09. The van der Waals surface area contributed by atoms with E-state index in [1.807, 2.05) is 48.2 Å². The molecule has 5 rings (SSSR count). The van der Waals surface area contributed by atoms with E-state index in [4.69, 9.17) is 0 Å². The average molecular weight is 490 g/mol. The minimum absolute atomic E-state index is 0.0269. The number of carbonyl (C=O) groups excluding carboxylic acids is 2. The Balaban J connectivity index is 1.46. The molecular formula is C29H35N3O2S. The normalized spacial score (nSPS) is 21.3. The van der Waals surface area contributed by atoms with Gasteiger partial charge >= 0.3 is 0 Å². The van der Waals surface area contributed by atoms with E-state index < -0.39 is 5.54 Å². The molecule has 1 aromatic carbocycles. The molecule has 1 aliphatic carbocycles. The predicted octanol–water partition coefficient (Wildman–Crippen LogP) is 5.90. The first-order valence-electron chi connectivity index (χ1n) is 13.0. The molecule has 0 bridgehead atoms. The summed E-state index contributed by atoms with van der Waals surface area (Å²) in [5.74, 6) is -0.0914. The first-order chi connectivity index (χ1) is 17.1. The highest BCUT2D eigenvalue weighted by Gasteiger charge is 2.48. The van der Waals surface area contributed by atoms with Crippen LogP contribution in [0.2, 0.25) is 0 Å². The summed E-state index contributed by atoms with van der Waals surface area (Å²) in [4.78, 5) is 30.9. The number of nitrogens with one attached hydrogen (secondary N) is 1. The van der Waals surface area contributed by atoms with Gasteiger partial charge in [0.25, 0.3) is 5.91 Å². The van der Waals surface area contributed by atoms with Gasteiger partial charge in [-0.25, -0.2) is 0 Å². The zero-order valence-electron chi connectivity index (χ0n) is 20.5. The lowest BCUT2D eigenvalue weighted by molar-refractivity contribution is -0.133. The second-order valence-electron chi connectivity index (χ2n) is 10.1. The maximum Gasteiger partial charge on any atom is 0.271 e. The number of hydrogen-bond acceptors (Lipinski definition) is 3. The fourth-order valence-corrected chi connectivity index (χ4v) is 6.30. The van der Waals surface area contributed by atoms with Crippen LogP contribution < -0.4 is 5.32 Å². The number of aromatic nitrogens is 1. The van der Waals surface area contributed by atoms with Gasteiger partial charge in [0.15, 0.2) is 0 Å². The molecule has 0 unspecified atom stereocenters. The molecule has 1 atom stereocenters. The second kappa shape index (κ2) is 10.4. The van der Waals surface area contributed by atoms with Gasteiger partial charge in [0.2, 0.25) is 5.91 Å². The third-order valence-electron chi connectivity index (χ3n) is 7.67. The van der Waals surface area contributed by atoms with Crippen molar-refractivity contribution in [3.63, 3.8) is 0 Å². The van der Waals surface area contributed by atoms with Gasteiger partial charge in [0.1, 0.15) is 11.2 Å². The van der Waals surface area contributed by atoms with E-state index in [1.54, 1.807) is 11.3 Å². The number of hydrogen-bond donors (Lipinski definition) is 1. The van der Waals surface area contributed by atoms with Gasteiger partial charge in [-0.05, 0) is 55.3 Å². The monoisotopic (exact) mass is 489 g/mol. The van der Waals surface area contributed by atoms with Crippen LogP contribution in [0.5, 0.6) is 0 Å². The molecule has 3 heterocycles. The Morgan fingerprint density at radius 3 is 2.40 bits per heavy atom. The Bertz CT molecular complexity index is 1150. The fourth-order valence-electron chi connectivity index (χ4n) is 5.60. The molecule has 1 aliphatic heterocycles. The summed E-state index contributed by atoms with van der Waals surface area (Å²) >= 11 is 1.70. The molecular weight excluding hydrogens is 454 g/mol. The third-order valence-corrected chi connectivity index (χ3v) is 8.60. The molecule has 0 radical (unpaired) electrons. The zero-order valence-corrected chi connectivity index (χ0v) is 21.4. The minimum Gasteiger partial charge on any atom is -0.351 e. The van der Waals surface area contributed by atoms with Crippen LogP contribution in [0.1, 0.15) is 67.2 Å². The first-order valence-corrected chi connectivity index (χ1v) is 13.8. The summed E-state index contributed by atoms with van der Waals surface area (Å²) in [5, 5.41) is 5.44. The standard InChI is InChI=1S/C29H35N3O2S/c1-29(28(34)30-23-13-8-3-2-4-9-14-23)21-31-25(22-11-6-5-7-12-22)16-17-26(31)27(33)32(29)19-18-24-15-10-20-35-24/h5-7,10-12,15-17,20,23H,2-4,8-9,13-14,18-19,21H2,1H3,(H,30,34)/t29-/m0/s1. The van der Waals surface area contributed by atoms with Gasteiger partial charge < -0.3 is 14.8 Å². The lowest BCUT2D eigenvalue weighted by Crippen LogP contribution is -2.65. The summed E-state index contributed by atoms with van der Waals surface area (Å²) < 4.78 is 2.05. The summed E-state index contributed by atoms with van der Waals surface area (Å²) in [7, 11) is 0. The lowest BCUT2D eigenvalue weighted by atomic mass is 9.91. The van der Waals surface area contributed by atoms with Gasteiger partial charge in [0, 0.05) is 23.2 Å². The molecule has 1 saturated carbocycles. The van der Waals surface area contributed by atoms with Crippen molar-refractivity contribution in [3.8, 4) is 11.3 Å². The number of benzene rings is 1. The van der Waals surface area contributed by atoms with Crippen molar-refractivity contribution in [2.75, 3.05) is 6.54 Å². The summed E-state index contributed by atoms with van der Waals surface area (Å²) in [6.07, 6.45) is 8.88. The van der Waals surface area contributed by atoms with E-state index in [0.717, 1.165) is 43.4 Å². The van der Waals surface area contributed by atoms with Crippen LogP contribution >= 0.6 is 11.3 Å². The van der Waals surface area contributed by atoms with Crippen molar-refractivity contribution >= 4 is 23.2 Å². The molecule has 2 aliphatic rings. The lowest BCUT2D eigenvalue weighted by Gasteiger charge is -2.45. The third kappa shape index (κ3) is 4.94. The minimum atomic E-state index is -0.952. The van der Waals surface area contributed by atoms with Crippen molar-refractivity contribution in [2.45, 2.75) is 76.4 Å². The first kappa shape index (κ1) is 23.9. The van der Waals surface area contributed by atoms with E-state index in [2.05, 4.69) is 33.5 Å². The predicted molar refractivity (Wildman–Crippen MR) is 142 cm³/mol. The highest BCUT2D eigenvalue weighted by atomic mass is 32.1. The van der Waals surface area contributed by atoms with Crippen LogP contribution in [0.15, 0.2) is 60.0 Å². The van der Waals surface area contributed by atoms with Crippen LogP contribution in [-0.4, -0.2) is 39.4 Å². The second-order valence-corrected chi connectivity index (χ2v) is 11.2. The van der Waals surface area contributed by atoms with Crippen LogP contribution in [0.3, 0.4) is 0 Å². The summed E-state index contributed by atoms with van der Waals surface area (Å²) in [6, 6.07) is 18.4. The SMILES string of the molecule is C[C@@]1(C(=O)NC2CCCCCCC2)Cn2c(ccc2-c2ccccc2)C(=O)N1CCc1cccs1. The highest BCUT2D eigenvalue weighted by Crippen LogP contribution is 2.34. The average Bonchev–Trinajstić information content (AvgIpc) is 3.51. The maximum absolute atomic E-state index is 14.0. The smallest absolute Gasteiger partial charge is 0.271 e. The van der Waals surface area contributed by atoms with Crippen molar-refractivity contribution < 1.29 is 9.59 Å². The number of nitrogens with zero attached hydrogens (tertiary/aromatic N) is 2. The molecule has 35 heavy (non-hydrogen) atoms. The van der Waals surface area contributed by atoms with Crippen molar-refractivity contribution in [2.24, 2.45) is 0 Å². The Hall–Kier alpha value is -2.86. The Labute approximate surface area is 212 Å². The van der Waals surface area contributed by atoms with E-state index in [-0.39, 0.29) is 17.9 Å². The van der Waals surface area contributed by atoms with E-state index >= 15 is 0 Å². The molecule has 5 nitrogen and oxygen atoms in total. The fraction of sp³-hybridized carbons (Fsp3) is 0.448. The molecule has 0 spiro atoms. The highest BCUT2D eigenvalue weighted by molar-refractivity contribution is 7.09. The summed E-state index contributed by atoms with van der Waals surface area (Å²) in [6.45, 7) is 2.93. The maximum atomic E-state index is 14.0. The zero-order chi connectivity index (χ0) is 24.3. The molecule has 1 N–H and O–H groups in total. The molecule has 0 saturated heterocycles. The van der Waals surface area contributed by atoms with Gasteiger partial charge in [0.05, 0.1) is 6.54 Å². The van der Waals surface area contributed by atoms with Crippen LogP contribution in [0, 0.1) is 0 Å². The van der Waals surface area contributed by atoms with Gasteiger partial charge in [-0.2, -0.15) is 0 Å². The molecule has 3 aromatic rings. The van der Waals surface area contributed by atoms with Crippen LogP contribution in [0.25, 0.3) is 11.3 Å². The number of rotatable bonds is 6. The van der Waals surface area contributed by atoms with Crippen molar-refractivity contribution in [1.29, 1.82) is 0 Å². The number of fused-ring (bicyclic) bond motifs is 1. The molecule has 184 valence electrons. The largest absolute Gasteiger partial charge is 0.351 e. The molecule has 2 amide bonds. The topological polar surface area (TPSA) is 54.3 Å². The Morgan fingerprint density at radius 1 is 0.971 bits per heavy atom. The quantitative estimate of drug-likeness (QED) is 0.468. The molecule has 6 heteroatoms. The summed E-state index contributed by atoms with van der Waals surface area (Å²) in [5.41, 5.74) is 1.75. The van der Waals surface area contributed by atoms with Gasteiger partial charge in [-0.1, -0.05) is 68.5 Å². The molecule has 2 aromatic heterocycles. The van der Waals surface area contributed by atoms with Crippen LogP contribution in [0.4, 0.5) is 0 Å². The van der Waals surface area contributed by atoms with Gasteiger partial charge in [-0.3, -0.25) is 9.59 Å². The van der Waals surface area contributed by atoms with Crippen molar-refractivity contribution in [3.05, 3.63) is 70.5 Å². The van der Waals surface area contributed by atoms with Crippen LogP contribution in [-0.2, 0) is 17.8 Å². The molecule has 1 fully saturated rings. The van der Waals surface area contributed by atoms with E-state index in [1.165, 1.54) is 24.1 Å².